The van der Waals surface area contributed by atoms with E-state index in [0.29, 0.717) is 18.7 Å². The summed E-state index contributed by atoms with van der Waals surface area (Å²) in [6.45, 7) is 0.466. The first-order valence-electron chi connectivity index (χ1n) is 8.75. The Balaban J connectivity index is 1.58. The van der Waals surface area contributed by atoms with Crippen LogP contribution in [0.25, 0.3) is 0 Å². The van der Waals surface area contributed by atoms with Crippen molar-refractivity contribution in [2.45, 2.75) is 13.2 Å². The molecule has 0 bridgehead atoms. The molecule has 1 aliphatic heterocycles. The fourth-order valence-corrected chi connectivity index (χ4v) is 3.17. The third-order valence-corrected chi connectivity index (χ3v) is 4.55. The van der Waals surface area contributed by atoms with Crippen molar-refractivity contribution in [3.05, 3.63) is 59.7 Å². The summed E-state index contributed by atoms with van der Waals surface area (Å²) in [6.07, 6.45) is 0. The van der Waals surface area contributed by atoms with E-state index in [4.69, 9.17) is 4.74 Å². The molecule has 0 aliphatic carbocycles. The third kappa shape index (κ3) is 4.95. The lowest BCUT2D eigenvalue weighted by molar-refractivity contribution is -0.0499. The minimum atomic E-state index is -2.91. The summed E-state index contributed by atoms with van der Waals surface area (Å²) in [5, 5.41) is 0. The quantitative estimate of drug-likeness (QED) is 0.776. The average molecular weight is 376 g/mol. The van der Waals surface area contributed by atoms with Crippen LogP contribution in [0.2, 0.25) is 0 Å². The van der Waals surface area contributed by atoms with Crippen LogP contribution in [0.1, 0.15) is 15.9 Å². The Morgan fingerprint density at radius 3 is 2.52 bits per heavy atom. The number of carbonyl (C=O) groups is 1. The minimum Gasteiger partial charge on any atom is -0.496 e. The number of piperazine rings is 1. The van der Waals surface area contributed by atoms with Crippen molar-refractivity contribution in [2.24, 2.45) is 0 Å². The van der Waals surface area contributed by atoms with Gasteiger partial charge >= 0.3 is 6.61 Å². The molecule has 144 valence electrons. The number of hydrogen-bond acceptors (Lipinski definition) is 4. The molecule has 7 heteroatoms. The number of nitrogens with zero attached hydrogens (tertiary/aromatic N) is 2. The number of methoxy groups -OCH3 is 1. The molecule has 3 rings (SSSR count). The van der Waals surface area contributed by atoms with E-state index in [1.165, 1.54) is 12.1 Å². The van der Waals surface area contributed by atoms with E-state index in [9.17, 15) is 13.6 Å². The lowest BCUT2D eigenvalue weighted by Crippen LogP contribution is -2.48. The van der Waals surface area contributed by atoms with Crippen molar-refractivity contribution in [2.75, 3.05) is 33.3 Å². The Kier molecular flexibility index (Phi) is 6.24. The van der Waals surface area contributed by atoms with Crippen LogP contribution in [0, 0.1) is 0 Å². The van der Waals surface area contributed by atoms with Gasteiger partial charge in [-0.15, -0.1) is 0 Å². The number of rotatable bonds is 6. The van der Waals surface area contributed by atoms with Crippen LogP contribution in [-0.2, 0) is 6.54 Å². The molecular weight excluding hydrogens is 354 g/mol. The number of carbonyl (C=O) groups excluding carboxylic acids is 1. The Morgan fingerprint density at radius 1 is 1.07 bits per heavy atom. The number of amides is 1. The Labute approximate surface area is 157 Å². The normalized spacial score (nSPS) is 15.0. The molecule has 5 nitrogen and oxygen atoms in total. The topological polar surface area (TPSA) is 42.0 Å². The van der Waals surface area contributed by atoms with Gasteiger partial charge in [0.25, 0.3) is 5.91 Å². The average Bonchev–Trinajstić information content (AvgIpc) is 2.68. The second kappa shape index (κ2) is 8.81. The van der Waals surface area contributed by atoms with Crippen molar-refractivity contribution in [3.63, 3.8) is 0 Å². The molecule has 1 saturated heterocycles. The number of halogens is 2. The molecule has 1 heterocycles. The van der Waals surface area contributed by atoms with Crippen LogP contribution in [0.4, 0.5) is 8.78 Å². The summed E-state index contributed by atoms with van der Waals surface area (Å²) in [7, 11) is 1.65. The van der Waals surface area contributed by atoms with E-state index >= 15 is 0 Å². The summed E-state index contributed by atoms with van der Waals surface area (Å²) in [5.41, 5.74) is 1.46. The Hall–Kier alpha value is -2.67. The van der Waals surface area contributed by atoms with Gasteiger partial charge in [0.15, 0.2) is 0 Å². The molecule has 1 aliphatic rings. The zero-order valence-corrected chi connectivity index (χ0v) is 15.1. The fraction of sp³-hybridized carbons (Fsp3) is 0.350. The van der Waals surface area contributed by atoms with Crippen LogP contribution < -0.4 is 9.47 Å². The van der Waals surface area contributed by atoms with Crippen molar-refractivity contribution in [1.82, 2.24) is 9.80 Å². The van der Waals surface area contributed by atoms with Crippen molar-refractivity contribution >= 4 is 5.91 Å². The fourth-order valence-electron chi connectivity index (χ4n) is 3.17. The van der Waals surface area contributed by atoms with Gasteiger partial charge in [0.2, 0.25) is 0 Å². The number of alkyl halides is 2. The summed E-state index contributed by atoms with van der Waals surface area (Å²) < 4.78 is 34.5. The summed E-state index contributed by atoms with van der Waals surface area (Å²) in [4.78, 5) is 16.6. The Bertz CT molecular complexity index is 777. The molecule has 0 aromatic heterocycles. The number of hydrogen-bond donors (Lipinski definition) is 0. The first kappa shape index (κ1) is 19.1. The molecule has 1 fully saturated rings. The molecular formula is C20H22F2N2O3. The van der Waals surface area contributed by atoms with Gasteiger partial charge in [0, 0.05) is 43.9 Å². The molecule has 0 atom stereocenters. The number of ether oxygens (including phenoxy) is 2. The molecule has 0 spiro atoms. The highest BCUT2D eigenvalue weighted by Crippen LogP contribution is 2.21. The Morgan fingerprint density at radius 2 is 1.81 bits per heavy atom. The molecule has 0 unspecified atom stereocenters. The number of benzene rings is 2. The van der Waals surface area contributed by atoms with Gasteiger partial charge in [-0.05, 0) is 24.3 Å². The van der Waals surface area contributed by atoms with Gasteiger partial charge in [-0.1, -0.05) is 24.3 Å². The predicted molar refractivity (Wildman–Crippen MR) is 97.2 cm³/mol. The maximum Gasteiger partial charge on any atom is 0.387 e. The monoisotopic (exact) mass is 376 g/mol. The van der Waals surface area contributed by atoms with Gasteiger partial charge in [0.1, 0.15) is 11.5 Å². The zero-order valence-electron chi connectivity index (χ0n) is 15.1. The standard InChI is InChI=1S/C20H22F2N2O3/c1-26-18-8-3-2-5-16(18)14-23-9-11-24(12-10-23)19(25)15-6-4-7-17(13-15)27-20(21)22/h2-8,13,20H,9-12,14H2,1H3. The molecule has 2 aromatic carbocycles. The molecule has 1 amide bonds. The van der Waals surface area contributed by atoms with Crippen molar-refractivity contribution < 1.29 is 23.0 Å². The first-order chi connectivity index (χ1) is 13.1. The van der Waals surface area contributed by atoms with Gasteiger partial charge in [-0.25, -0.2) is 0 Å². The summed E-state index contributed by atoms with van der Waals surface area (Å²) >= 11 is 0. The van der Waals surface area contributed by atoms with Crippen LogP contribution in [0.5, 0.6) is 11.5 Å². The van der Waals surface area contributed by atoms with Crippen LogP contribution in [0.15, 0.2) is 48.5 Å². The highest BCUT2D eigenvalue weighted by atomic mass is 19.3. The largest absolute Gasteiger partial charge is 0.496 e. The van der Waals surface area contributed by atoms with Crippen LogP contribution >= 0.6 is 0 Å². The highest BCUT2D eigenvalue weighted by Gasteiger charge is 2.23. The maximum atomic E-state index is 12.6. The van der Waals surface area contributed by atoms with E-state index in [2.05, 4.69) is 9.64 Å². The molecule has 0 N–H and O–H groups in total. The molecule has 27 heavy (non-hydrogen) atoms. The van der Waals surface area contributed by atoms with Crippen molar-refractivity contribution in [3.8, 4) is 11.5 Å². The van der Waals surface area contributed by atoms with Gasteiger partial charge in [-0.2, -0.15) is 8.78 Å². The van der Waals surface area contributed by atoms with Gasteiger partial charge in [-0.3, -0.25) is 9.69 Å². The van der Waals surface area contributed by atoms with E-state index in [0.717, 1.165) is 30.9 Å². The van der Waals surface area contributed by atoms with Gasteiger partial charge < -0.3 is 14.4 Å². The third-order valence-electron chi connectivity index (χ3n) is 4.55. The number of para-hydroxylation sites is 1. The highest BCUT2D eigenvalue weighted by molar-refractivity contribution is 5.94. The second-order valence-corrected chi connectivity index (χ2v) is 6.29. The van der Waals surface area contributed by atoms with E-state index in [1.807, 2.05) is 24.3 Å². The SMILES string of the molecule is COc1ccccc1CN1CCN(C(=O)c2cccc(OC(F)F)c2)CC1. The summed E-state index contributed by atoms with van der Waals surface area (Å²) in [6, 6.07) is 13.8. The van der Waals surface area contributed by atoms with E-state index in [1.54, 1.807) is 24.1 Å². The lowest BCUT2D eigenvalue weighted by atomic mass is 10.1. The van der Waals surface area contributed by atoms with E-state index in [-0.39, 0.29) is 11.7 Å². The smallest absolute Gasteiger partial charge is 0.387 e. The van der Waals surface area contributed by atoms with Gasteiger partial charge in [0.05, 0.1) is 7.11 Å². The molecule has 0 saturated carbocycles. The minimum absolute atomic E-state index is 0.00865. The maximum absolute atomic E-state index is 12.6. The van der Waals surface area contributed by atoms with Crippen molar-refractivity contribution in [1.29, 1.82) is 0 Å². The first-order valence-corrected chi connectivity index (χ1v) is 8.75. The molecule has 0 radical (unpaired) electrons. The second-order valence-electron chi connectivity index (χ2n) is 6.29. The summed E-state index contributed by atoms with van der Waals surface area (Å²) in [5.74, 6) is 0.671. The van der Waals surface area contributed by atoms with Crippen LogP contribution in [0.3, 0.4) is 0 Å². The zero-order chi connectivity index (χ0) is 19.2. The van der Waals surface area contributed by atoms with Crippen LogP contribution in [-0.4, -0.2) is 55.6 Å². The molecule has 2 aromatic rings. The predicted octanol–water partition coefficient (Wildman–Crippen LogP) is 3.25. The lowest BCUT2D eigenvalue weighted by Gasteiger charge is -2.35. The van der Waals surface area contributed by atoms with E-state index < -0.39 is 6.61 Å².